The molecule has 6 heteroatoms. The van der Waals surface area contributed by atoms with Crippen LogP contribution in [0.2, 0.25) is 0 Å². The van der Waals surface area contributed by atoms with Gasteiger partial charge in [-0.05, 0) is 17.9 Å². The molecule has 1 aromatic heterocycles. The molecule has 0 saturated carbocycles. The van der Waals surface area contributed by atoms with E-state index < -0.39 is 9.84 Å². The van der Waals surface area contributed by atoms with Gasteiger partial charge in [0.1, 0.15) is 0 Å². The van der Waals surface area contributed by atoms with E-state index in [1.807, 2.05) is 42.7 Å². The number of nitrogens with zero attached hydrogens (tertiary/aromatic N) is 1. The van der Waals surface area contributed by atoms with Gasteiger partial charge in [0, 0.05) is 17.5 Å². The van der Waals surface area contributed by atoms with Crippen LogP contribution in [-0.2, 0) is 21.2 Å². The zero-order valence-corrected chi connectivity index (χ0v) is 12.3. The molecule has 1 saturated heterocycles. The number of rotatable bonds is 3. The number of nitrogens with one attached hydrogen (secondary N) is 1. The lowest BCUT2D eigenvalue weighted by Crippen LogP contribution is -2.46. The van der Waals surface area contributed by atoms with Crippen molar-refractivity contribution in [2.75, 3.05) is 11.5 Å². The molecular formula is C15H17N2O3S+. The van der Waals surface area contributed by atoms with Gasteiger partial charge in [0.2, 0.25) is 6.54 Å². The molecule has 3 rings (SSSR count). The summed E-state index contributed by atoms with van der Waals surface area (Å²) in [6.07, 6.45) is 4.28. The Labute approximate surface area is 123 Å². The molecule has 1 aliphatic heterocycles. The highest BCUT2D eigenvalue weighted by molar-refractivity contribution is 7.91. The van der Waals surface area contributed by atoms with Crippen LogP contribution in [0.3, 0.4) is 0 Å². The molecule has 0 aliphatic carbocycles. The van der Waals surface area contributed by atoms with Crippen LogP contribution in [0.1, 0.15) is 6.42 Å². The normalized spacial score (nSPS) is 20.5. The third kappa shape index (κ3) is 3.39. The summed E-state index contributed by atoms with van der Waals surface area (Å²) in [5, 5.41) is 4.98. The number of benzene rings is 1. The Balaban J connectivity index is 1.66. The van der Waals surface area contributed by atoms with Gasteiger partial charge in [-0.3, -0.25) is 4.79 Å². The van der Waals surface area contributed by atoms with Crippen LogP contribution in [0.4, 0.5) is 0 Å². The number of hydrogen-bond donors (Lipinski definition) is 1. The number of amides is 1. The van der Waals surface area contributed by atoms with E-state index in [4.69, 9.17) is 0 Å². The van der Waals surface area contributed by atoms with Crippen molar-refractivity contribution in [2.45, 2.75) is 19.0 Å². The van der Waals surface area contributed by atoms with E-state index in [1.165, 1.54) is 0 Å². The van der Waals surface area contributed by atoms with Crippen LogP contribution in [0.25, 0.3) is 10.8 Å². The zero-order valence-electron chi connectivity index (χ0n) is 11.5. The molecular weight excluding hydrogens is 288 g/mol. The molecule has 1 fully saturated rings. The average Bonchev–Trinajstić information content (AvgIpc) is 2.77. The van der Waals surface area contributed by atoms with Crippen LogP contribution < -0.4 is 9.88 Å². The Kier molecular flexibility index (Phi) is 3.63. The second kappa shape index (κ2) is 5.44. The monoisotopic (exact) mass is 305 g/mol. The number of hydrogen-bond acceptors (Lipinski definition) is 3. The molecule has 0 unspecified atom stereocenters. The molecule has 0 spiro atoms. The lowest BCUT2D eigenvalue weighted by molar-refractivity contribution is -0.683. The smallest absolute Gasteiger partial charge is 0.286 e. The van der Waals surface area contributed by atoms with Crippen LogP contribution in [0.5, 0.6) is 0 Å². The van der Waals surface area contributed by atoms with Gasteiger partial charge in [0.05, 0.1) is 11.5 Å². The maximum atomic E-state index is 12.0. The molecule has 0 bridgehead atoms. The van der Waals surface area contributed by atoms with E-state index in [2.05, 4.69) is 5.32 Å². The fourth-order valence-electron chi connectivity index (χ4n) is 2.62. The fraction of sp³-hybridized carbons (Fsp3) is 0.333. The first-order valence-electron chi connectivity index (χ1n) is 6.89. The Morgan fingerprint density at radius 2 is 2.00 bits per heavy atom. The summed E-state index contributed by atoms with van der Waals surface area (Å²) < 4.78 is 24.5. The molecule has 110 valence electrons. The van der Waals surface area contributed by atoms with Crippen LogP contribution in [0, 0.1) is 0 Å². The first-order valence-corrected chi connectivity index (χ1v) is 8.72. The van der Waals surface area contributed by atoms with Crippen molar-refractivity contribution in [1.29, 1.82) is 0 Å². The summed E-state index contributed by atoms with van der Waals surface area (Å²) in [6, 6.07) is 9.65. The summed E-state index contributed by atoms with van der Waals surface area (Å²) in [5.41, 5.74) is 0. The Bertz CT molecular complexity index is 786. The number of sulfone groups is 1. The number of fused-ring (bicyclic) bond motifs is 1. The molecule has 1 aliphatic rings. The van der Waals surface area contributed by atoms with Gasteiger partial charge >= 0.3 is 0 Å². The van der Waals surface area contributed by atoms with Crippen molar-refractivity contribution in [3.63, 3.8) is 0 Å². The minimum absolute atomic E-state index is 0.0567. The summed E-state index contributed by atoms with van der Waals surface area (Å²) in [5.74, 6) is 0.0692. The summed E-state index contributed by atoms with van der Waals surface area (Å²) in [6.45, 7) is 0.196. The molecule has 1 aromatic carbocycles. The number of pyridine rings is 1. The summed E-state index contributed by atoms with van der Waals surface area (Å²) >= 11 is 0. The van der Waals surface area contributed by atoms with Crippen molar-refractivity contribution < 1.29 is 17.8 Å². The SMILES string of the molecule is O=C(C[n+]1ccc2ccccc2c1)N[C@@H]1CCS(=O)(=O)C1. The standard InChI is InChI=1S/C15H16N2O3S/c18-15(16-14-6-8-21(19,20)11-14)10-17-7-5-12-3-1-2-4-13(12)9-17/h1-5,7,9,14H,6,8,10-11H2/p+1/t14-/m1/s1. The fourth-order valence-corrected chi connectivity index (χ4v) is 4.30. The maximum absolute atomic E-state index is 12.0. The molecule has 5 nitrogen and oxygen atoms in total. The topological polar surface area (TPSA) is 67.1 Å². The van der Waals surface area contributed by atoms with Crippen LogP contribution in [-0.4, -0.2) is 31.9 Å². The second-order valence-electron chi connectivity index (χ2n) is 5.41. The van der Waals surface area contributed by atoms with Crippen molar-refractivity contribution in [3.05, 3.63) is 42.7 Å². The van der Waals surface area contributed by atoms with Crippen molar-refractivity contribution in [2.24, 2.45) is 0 Å². The first kappa shape index (κ1) is 14.0. The Morgan fingerprint density at radius 3 is 2.71 bits per heavy atom. The van der Waals surface area contributed by atoms with E-state index in [0.29, 0.717) is 6.42 Å². The molecule has 0 radical (unpaired) electrons. The van der Waals surface area contributed by atoms with Gasteiger partial charge in [-0.25, -0.2) is 8.42 Å². The maximum Gasteiger partial charge on any atom is 0.286 e. The van der Waals surface area contributed by atoms with Gasteiger partial charge < -0.3 is 5.32 Å². The van der Waals surface area contributed by atoms with Crippen molar-refractivity contribution in [3.8, 4) is 0 Å². The highest BCUT2D eigenvalue weighted by Crippen LogP contribution is 2.11. The van der Waals surface area contributed by atoms with E-state index in [9.17, 15) is 13.2 Å². The van der Waals surface area contributed by atoms with Crippen molar-refractivity contribution in [1.82, 2.24) is 5.32 Å². The zero-order chi connectivity index (χ0) is 14.9. The second-order valence-corrected chi connectivity index (χ2v) is 7.64. The number of aromatic nitrogens is 1. The van der Waals surface area contributed by atoms with Gasteiger partial charge in [0.25, 0.3) is 5.91 Å². The van der Waals surface area contributed by atoms with Crippen LogP contribution >= 0.6 is 0 Å². The summed E-state index contributed by atoms with van der Waals surface area (Å²) in [4.78, 5) is 12.0. The highest BCUT2D eigenvalue weighted by Gasteiger charge is 2.29. The van der Waals surface area contributed by atoms with E-state index in [0.717, 1.165) is 10.8 Å². The van der Waals surface area contributed by atoms with E-state index in [1.54, 1.807) is 4.57 Å². The minimum Gasteiger partial charge on any atom is -0.347 e. The molecule has 21 heavy (non-hydrogen) atoms. The number of carbonyl (C=O) groups is 1. The quantitative estimate of drug-likeness (QED) is 0.836. The lowest BCUT2D eigenvalue weighted by Gasteiger charge is -2.08. The van der Waals surface area contributed by atoms with Gasteiger partial charge in [-0.15, -0.1) is 0 Å². The average molecular weight is 305 g/mol. The minimum atomic E-state index is -2.96. The predicted octanol–water partition coefficient (Wildman–Crippen LogP) is 0.431. The van der Waals surface area contributed by atoms with Gasteiger partial charge in [-0.2, -0.15) is 4.57 Å². The lowest BCUT2D eigenvalue weighted by atomic mass is 10.2. The molecule has 1 N–H and O–H groups in total. The largest absolute Gasteiger partial charge is 0.347 e. The highest BCUT2D eigenvalue weighted by atomic mass is 32.2. The third-order valence-corrected chi connectivity index (χ3v) is 5.44. The first-order chi connectivity index (χ1) is 10.0. The molecule has 1 atom stereocenters. The Morgan fingerprint density at radius 1 is 1.24 bits per heavy atom. The molecule has 2 aromatic rings. The van der Waals surface area contributed by atoms with E-state index >= 15 is 0 Å². The molecule has 1 amide bonds. The van der Waals surface area contributed by atoms with Crippen molar-refractivity contribution >= 4 is 26.5 Å². The molecule has 2 heterocycles. The van der Waals surface area contributed by atoms with E-state index in [-0.39, 0.29) is 30.0 Å². The number of carbonyl (C=O) groups excluding carboxylic acids is 1. The predicted molar refractivity (Wildman–Crippen MR) is 79.3 cm³/mol. The van der Waals surface area contributed by atoms with Crippen LogP contribution in [0.15, 0.2) is 42.7 Å². The van der Waals surface area contributed by atoms with Gasteiger partial charge in [-0.1, -0.05) is 18.2 Å². The third-order valence-electron chi connectivity index (χ3n) is 3.67. The Hall–Kier alpha value is -1.95. The summed E-state index contributed by atoms with van der Waals surface area (Å²) in [7, 11) is -2.96. The van der Waals surface area contributed by atoms with Gasteiger partial charge in [0.15, 0.2) is 22.2 Å².